The second-order valence-electron chi connectivity index (χ2n) is 1.44. The van der Waals surface area contributed by atoms with E-state index in [4.69, 9.17) is 4.74 Å². The van der Waals surface area contributed by atoms with Gasteiger partial charge in [0.1, 0.15) is 0 Å². The van der Waals surface area contributed by atoms with Crippen LogP contribution in [0, 0.1) is 6.07 Å². The van der Waals surface area contributed by atoms with Crippen molar-refractivity contribution in [1.29, 1.82) is 0 Å². The Balaban J connectivity index is -0.0000000800. The average Bonchev–Trinajstić information content (AvgIpc) is 1.90. The smallest absolute Gasteiger partial charge is 1.00 e. The molecule has 1 aromatic rings. The summed E-state index contributed by atoms with van der Waals surface area (Å²) in [5.41, 5.74) is 0. The predicted octanol–water partition coefficient (Wildman–Crippen LogP) is -7.87. The molecular weight excluding hydrogens is 247 g/mol. The van der Waals surface area contributed by atoms with Crippen molar-refractivity contribution in [3.8, 4) is 5.75 Å². The molecule has 0 spiro atoms. The van der Waals surface area contributed by atoms with Gasteiger partial charge in [0.15, 0.2) is 0 Å². The van der Waals surface area contributed by atoms with E-state index in [0.717, 1.165) is 5.75 Å². The van der Waals surface area contributed by atoms with Crippen molar-refractivity contribution < 1.29 is 53.0 Å². The first kappa shape index (κ1) is 23.2. The molecule has 0 saturated carbocycles. The van der Waals surface area contributed by atoms with Crippen molar-refractivity contribution in [1.82, 2.24) is 0 Å². The number of halogens is 2. The Kier molecular flexibility index (Phi) is 28.3. The number of methoxy groups -OCH3 is 1. The van der Waals surface area contributed by atoms with Gasteiger partial charge in [-0.25, -0.2) is 0 Å². The van der Waals surface area contributed by atoms with Crippen LogP contribution in [-0.2, 0) is 0 Å². The van der Waals surface area contributed by atoms with Crippen LogP contribution in [0.15, 0.2) is 24.3 Å². The van der Waals surface area contributed by atoms with Gasteiger partial charge in [-0.1, -0.05) is 0 Å². The Morgan fingerprint density at radius 1 is 1.25 bits per heavy atom. The van der Waals surface area contributed by atoms with Gasteiger partial charge in [-0.2, -0.15) is 18.2 Å². The molecule has 0 saturated heterocycles. The Morgan fingerprint density at radius 2 is 1.67 bits per heavy atom. The Bertz CT molecular complexity index is 165. The first-order valence-corrected chi connectivity index (χ1v) is 2.43. The van der Waals surface area contributed by atoms with Crippen molar-refractivity contribution >= 4 is 23.1 Å². The second kappa shape index (κ2) is 14.7. The van der Waals surface area contributed by atoms with Gasteiger partial charge in [0, 0.05) is 5.75 Å². The summed E-state index contributed by atoms with van der Waals surface area (Å²) >= 11 is 0. The quantitative estimate of drug-likeness (QED) is 0.357. The predicted molar refractivity (Wildman–Crippen MR) is 37.6 cm³/mol. The minimum atomic E-state index is 0. The Labute approximate surface area is 118 Å². The standard InChI is InChI=1S/C7H7O.BrH.ClH.Li.Mg/c1-8-7-5-3-2-4-6-7;;;;/h3-6H,1H3;2*1H;;/q-1;;;+1;+2/p-2. The van der Waals surface area contributed by atoms with E-state index in [1.54, 1.807) is 7.11 Å². The summed E-state index contributed by atoms with van der Waals surface area (Å²) in [6.07, 6.45) is 0. The second-order valence-corrected chi connectivity index (χ2v) is 1.44. The third-order valence-corrected chi connectivity index (χ3v) is 0.923. The molecule has 0 heterocycles. The van der Waals surface area contributed by atoms with E-state index in [0.29, 0.717) is 0 Å². The number of rotatable bonds is 1. The summed E-state index contributed by atoms with van der Waals surface area (Å²) < 4.78 is 4.89. The zero-order valence-electron chi connectivity index (χ0n) is 7.18. The van der Waals surface area contributed by atoms with Crippen LogP contribution in [0.4, 0.5) is 0 Å². The van der Waals surface area contributed by atoms with Crippen molar-refractivity contribution in [3.63, 3.8) is 0 Å². The summed E-state index contributed by atoms with van der Waals surface area (Å²) in [5, 5.41) is 0. The average molecular weight is 254 g/mol. The van der Waals surface area contributed by atoms with Crippen LogP contribution in [-0.4, -0.2) is 30.2 Å². The Morgan fingerprint density at radius 3 is 1.92 bits per heavy atom. The van der Waals surface area contributed by atoms with Crippen LogP contribution >= 0.6 is 0 Å². The van der Waals surface area contributed by atoms with E-state index < -0.39 is 0 Å². The minimum absolute atomic E-state index is 0. The maximum Gasteiger partial charge on any atom is 2.00 e. The molecule has 0 fully saturated rings. The van der Waals surface area contributed by atoms with E-state index in [2.05, 4.69) is 6.07 Å². The van der Waals surface area contributed by atoms with Crippen molar-refractivity contribution in [2.24, 2.45) is 0 Å². The molecule has 5 heteroatoms. The molecule has 1 aromatic carbocycles. The molecule has 12 heavy (non-hydrogen) atoms. The molecule has 0 unspecified atom stereocenters. The van der Waals surface area contributed by atoms with Gasteiger partial charge in [-0.15, -0.1) is 12.1 Å². The van der Waals surface area contributed by atoms with Gasteiger partial charge in [0.25, 0.3) is 0 Å². The van der Waals surface area contributed by atoms with Crippen molar-refractivity contribution in [2.75, 3.05) is 7.11 Å². The maximum absolute atomic E-state index is 4.89. The molecule has 0 aliphatic carbocycles. The summed E-state index contributed by atoms with van der Waals surface area (Å²) in [6, 6.07) is 10.2. The molecule has 0 aliphatic heterocycles. The van der Waals surface area contributed by atoms with E-state index in [9.17, 15) is 0 Å². The van der Waals surface area contributed by atoms with Crippen molar-refractivity contribution in [2.45, 2.75) is 0 Å². The minimum Gasteiger partial charge on any atom is -1.00 e. The molecule has 0 amide bonds. The normalized spacial score (nSPS) is 5.75. The van der Waals surface area contributed by atoms with Gasteiger partial charge in [-0.3, -0.25) is 0 Å². The van der Waals surface area contributed by atoms with Crippen LogP contribution < -0.4 is 53.0 Å². The monoisotopic (exact) mass is 252 g/mol. The van der Waals surface area contributed by atoms with Crippen LogP contribution in [0.25, 0.3) is 0 Å². The first-order valence-electron chi connectivity index (χ1n) is 2.43. The topological polar surface area (TPSA) is 9.23 Å². The van der Waals surface area contributed by atoms with Gasteiger partial charge in [-0.05, 0) is 0 Å². The fourth-order valence-electron chi connectivity index (χ4n) is 0.508. The molecule has 0 bridgehead atoms. The van der Waals surface area contributed by atoms with Crippen LogP contribution in [0.5, 0.6) is 5.75 Å². The number of ether oxygens (including phenoxy) is 1. The maximum atomic E-state index is 4.89. The molecule has 0 N–H and O–H groups in total. The van der Waals surface area contributed by atoms with Gasteiger partial charge in [0.05, 0.1) is 7.11 Å². The summed E-state index contributed by atoms with van der Waals surface area (Å²) in [7, 11) is 1.65. The van der Waals surface area contributed by atoms with Crippen LogP contribution in [0.3, 0.4) is 0 Å². The summed E-state index contributed by atoms with van der Waals surface area (Å²) in [4.78, 5) is 0. The van der Waals surface area contributed by atoms with E-state index in [1.165, 1.54) is 0 Å². The third-order valence-electron chi connectivity index (χ3n) is 0.923. The van der Waals surface area contributed by atoms with Gasteiger partial charge >= 0.3 is 41.9 Å². The molecule has 0 atom stereocenters. The number of benzene rings is 1. The molecular formula is C7H7BrClLiMgO. The molecule has 1 nitrogen and oxygen atoms in total. The molecule has 0 radical (unpaired) electrons. The van der Waals surface area contributed by atoms with E-state index in [-0.39, 0.29) is 71.3 Å². The summed E-state index contributed by atoms with van der Waals surface area (Å²) in [5.74, 6) is 0.878. The van der Waals surface area contributed by atoms with Crippen LogP contribution in [0.1, 0.15) is 0 Å². The molecule has 58 valence electrons. The fraction of sp³-hybridized carbons (Fsp3) is 0.143. The molecule has 0 aromatic heterocycles. The van der Waals surface area contributed by atoms with Crippen LogP contribution in [0.2, 0.25) is 0 Å². The zero-order valence-corrected chi connectivity index (χ0v) is 10.9. The number of hydrogen-bond acceptors (Lipinski definition) is 1. The SMILES string of the molecule is COc1cc[c-]cc1.[Br-].[Cl-].[Li+].[Mg+2]. The largest absolute Gasteiger partial charge is 2.00 e. The third kappa shape index (κ3) is 9.24. The molecule has 0 aliphatic rings. The Hall–Kier alpha value is 1.15. The van der Waals surface area contributed by atoms with E-state index in [1.807, 2.05) is 24.3 Å². The first-order chi connectivity index (χ1) is 3.93. The molecule has 1 rings (SSSR count). The van der Waals surface area contributed by atoms with Gasteiger partial charge < -0.3 is 34.1 Å². The van der Waals surface area contributed by atoms with Gasteiger partial charge in [0.2, 0.25) is 0 Å². The van der Waals surface area contributed by atoms with E-state index >= 15 is 0 Å². The summed E-state index contributed by atoms with van der Waals surface area (Å²) in [6.45, 7) is 0. The fourth-order valence-corrected chi connectivity index (χ4v) is 0.508. The van der Waals surface area contributed by atoms with Crippen molar-refractivity contribution in [3.05, 3.63) is 30.3 Å². The zero-order chi connectivity index (χ0) is 5.82. The number of hydrogen-bond donors (Lipinski definition) is 0.